The van der Waals surface area contributed by atoms with Crippen LogP contribution in [0.2, 0.25) is 10.0 Å². The number of hydrogen-bond donors (Lipinski definition) is 3. The highest BCUT2D eigenvalue weighted by molar-refractivity contribution is 6.36. The van der Waals surface area contributed by atoms with Crippen molar-refractivity contribution in [3.05, 3.63) is 64.1 Å². The first-order valence-electron chi connectivity index (χ1n) is 6.63. The van der Waals surface area contributed by atoms with Gasteiger partial charge in [-0.15, -0.1) is 5.10 Å². The summed E-state index contributed by atoms with van der Waals surface area (Å²) in [6, 6.07) is 14.2. The van der Waals surface area contributed by atoms with E-state index in [0.717, 1.165) is 0 Å². The van der Waals surface area contributed by atoms with Crippen molar-refractivity contribution in [1.29, 1.82) is 5.41 Å². The minimum absolute atomic E-state index is 0.00366. The van der Waals surface area contributed by atoms with Gasteiger partial charge in [-0.3, -0.25) is 5.41 Å². The first kappa shape index (κ1) is 15.3. The van der Waals surface area contributed by atoms with Crippen molar-refractivity contribution in [1.82, 2.24) is 14.8 Å². The highest BCUT2D eigenvalue weighted by atomic mass is 35.5. The van der Waals surface area contributed by atoms with Crippen molar-refractivity contribution >= 4 is 40.7 Å². The number of nitrogens with two attached hydrogens (primary N) is 1. The fourth-order valence-corrected chi connectivity index (χ4v) is 2.42. The first-order chi connectivity index (χ1) is 11.0. The standard InChI is InChI=1S/C15H12Cl2N6/c16-9-6-7-12(11(17)8-9)20-15-21-13(18)14(19)23(22-15)10-4-2-1-3-5-10/h1-8,19H,(H3,18,20,21,22). The number of nitrogen functional groups attached to an aromatic ring is 1. The molecule has 0 aliphatic rings. The molecule has 4 N–H and O–H groups in total. The van der Waals surface area contributed by atoms with Crippen molar-refractivity contribution < 1.29 is 0 Å². The second kappa shape index (κ2) is 6.28. The molecule has 6 nitrogen and oxygen atoms in total. The van der Waals surface area contributed by atoms with E-state index in [0.29, 0.717) is 21.4 Å². The number of rotatable bonds is 3. The Morgan fingerprint density at radius 2 is 1.83 bits per heavy atom. The lowest BCUT2D eigenvalue weighted by Crippen LogP contribution is -2.26. The van der Waals surface area contributed by atoms with E-state index in [1.807, 2.05) is 30.3 Å². The number of para-hydroxylation sites is 1. The largest absolute Gasteiger partial charge is 0.380 e. The molecule has 0 amide bonds. The van der Waals surface area contributed by atoms with Gasteiger partial charge < -0.3 is 11.1 Å². The summed E-state index contributed by atoms with van der Waals surface area (Å²) < 4.78 is 1.40. The summed E-state index contributed by atoms with van der Waals surface area (Å²) in [5, 5.41) is 16.3. The maximum Gasteiger partial charge on any atom is 0.247 e. The third-order valence-corrected chi connectivity index (χ3v) is 3.60. The molecule has 0 saturated heterocycles. The van der Waals surface area contributed by atoms with Gasteiger partial charge in [-0.1, -0.05) is 41.4 Å². The highest BCUT2D eigenvalue weighted by Gasteiger charge is 2.09. The maximum absolute atomic E-state index is 8.02. The van der Waals surface area contributed by atoms with E-state index in [1.165, 1.54) is 4.68 Å². The number of aromatic nitrogens is 3. The van der Waals surface area contributed by atoms with Crippen LogP contribution in [-0.4, -0.2) is 14.8 Å². The van der Waals surface area contributed by atoms with Crippen molar-refractivity contribution in [3.63, 3.8) is 0 Å². The van der Waals surface area contributed by atoms with Crippen molar-refractivity contribution in [3.8, 4) is 5.69 Å². The van der Waals surface area contributed by atoms with Crippen LogP contribution in [0, 0.1) is 5.41 Å². The predicted octanol–water partition coefficient (Wildman–Crippen LogP) is 3.38. The quantitative estimate of drug-likeness (QED) is 0.677. The van der Waals surface area contributed by atoms with Crippen LogP contribution in [-0.2, 0) is 0 Å². The fourth-order valence-electron chi connectivity index (χ4n) is 1.96. The molecule has 3 rings (SSSR count). The monoisotopic (exact) mass is 346 g/mol. The smallest absolute Gasteiger partial charge is 0.247 e. The van der Waals surface area contributed by atoms with Crippen molar-refractivity contribution in [2.75, 3.05) is 11.1 Å². The summed E-state index contributed by atoms with van der Waals surface area (Å²) in [6.07, 6.45) is 0. The van der Waals surface area contributed by atoms with Crippen molar-refractivity contribution in [2.24, 2.45) is 0 Å². The van der Waals surface area contributed by atoms with Gasteiger partial charge in [0.1, 0.15) is 0 Å². The van der Waals surface area contributed by atoms with Gasteiger partial charge in [0, 0.05) is 5.02 Å². The van der Waals surface area contributed by atoms with Crippen LogP contribution in [0.25, 0.3) is 5.69 Å². The number of hydrogen-bond acceptors (Lipinski definition) is 5. The zero-order valence-electron chi connectivity index (χ0n) is 11.8. The number of anilines is 3. The van der Waals surface area contributed by atoms with E-state index >= 15 is 0 Å². The minimum atomic E-state index is 0.00366. The second-order valence-corrected chi connectivity index (χ2v) is 5.51. The molecular weight excluding hydrogens is 335 g/mol. The van der Waals surface area contributed by atoms with Gasteiger partial charge in [-0.05, 0) is 30.3 Å². The Kier molecular flexibility index (Phi) is 4.18. The molecule has 8 heteroatoms. The molecule has 23 heavy (non-hydrogen) atoms. The molecule has 2 aromatic carbocycles. The van der Waals surface area contributed by atoms with Crippen LogP contribution in [0.15, 0.2) is 48.5 Å². The van der Waals surface area contributed by atoms with Gasteiger partial charge in [0.15, 0.2) is 11.3 Å². The Bertz CT molecular complexity index is 908. The molecule has 116 valence electrons. The number of nitrogens with one attached hydrogen (secondary N) is 2. The number of halogens is 2. The van der Waals surface area contributed by atoms with Crippen LogP contribution in [0.5, 0.6) is 0 Å². The molecule has 0 unspecified atom stereocenters. The molecule has 0 radical (unpaired) electrons. The van der Waals surface area contributed by atoms with E-state index < -0.39 is 0 Å². The van der Waals surface area contributed by atoms with Crippen LogP contribution in [0.3, 0.4) is 0 Å². The lowest BCUT2D eigenvalue weighted by Gasteiger charge is -2.11. The Labute approximate surface area is 142 Å². The van der Waals surface area contributed by atoms with Gasteiger partial charge in [0.05, 0.1) is 16.4 Å². The zero-order chi connectivity index (χ0) is 16.4. The molecule has 0 fully saturated rings. The lowest BCUT2D eigenvalue weighted by molar-refractivity contribution is 0.761. The van der Waals surface area contributed by atoms with E-state index in [1.54, 1.807) is 18.2 Å². The second-order valence-electron chi connectivity index (χ2n) is 4.67. The molecule has 0 saturated carbocycles. The van der Waals surface area contributed by atoms with Crippen molar-refractivity contribution in [2.45, 2.75) is 0 Å². The average Bonchev–Trinajstić information content (AvgIpc) is 2.54. The molecular formula is C15H12Cl2N6. The minimum Gasteiger partial charge on any atom is -0.380 e. The average molecular weight is 347 g/mol. The molecule has 0 spiro atoms. The molecule has 0 aliphatic carbocycles. The molecule has 1 heterocycles. The zero-order valence-corrected chi connectivity index (χ0v) is 13.3. The van der Waals surface area contributed by atoms with Gasteiger partial charge in [-0.25, -0.2) is 4.68 Å². The molecule has 0 atom stereocenters. The molecule has 0 aliphatic heterocycles. The van der Waals surface area contributed by atoms with Crippen LogP contribution < -0.4 is 16.5 Å². The summed E-state index contributed by atoms with van der Waals surface area (Å²) >= 11 is 12.0. The van der Waals surface area contributed by atoms with E-state index in [-0.39, 0.29) is 17.3 Å². The maximum atomic E-state index is 8.02. The van der Waals surface area contributed by atoms with Gasteiger partial charge >= 0.3 is 0 Å². The fraction of sp³-hybridized carbons (Fsp3) is 0. The number of nitrogens with zero attached hydrogens (tertiary/aromatic N) is 3. The third-order valence-electron chi connectivity index (χ3n) is 3.05. The third kappa shape index (κ3) is 3.28. The molecule has 0 bridgehead atoms. The Morgan fingerprint density at radius 1 is 1.09 bits per heavy atom. The summed E-state index contributed by atoms with van der Waals surface area (Å²) in [7, 11) is 0. The normalized spacial score (nSPS) is 10.5. The Balaban J connectivity index is 2.04. The van der Waals surface area contributed by atoms with Crippen LogP contribution in [0.1, 0.15) is 0 Å². The highest BCUT2D eigenvalue weighted by Crippen LogP contribution is 2.27. The summed E-state index contributed by atoms with van der Waals surface area (Å²) in [6.45, 7) is 0. The summed E-state index contributed by atoms with van der Waals surface area (Å²) in [5.41, 5.74) is 7.12. The topological polar surface area (TPSA) is 92.6 Å². The lowest BCUT2D eigenvalue weighted by atomic mass is 10.3. The van der Waals surface area contributed by atoms with E-state index in [9.17, 15) is 0 Å². The van der Waals surface area contributed by atoms with Gasteiger partial charge in [-0.2, -0.15) is 4.98 Å². The number of benzene rings is 2. The summed E-state index contributed by atoms with van der Waals surface area (Å²) in [4.78, 5) is 4.07. The molecule has 3 aromatic rings. The Morgan fingerprint density at radius 3 is 2.52 bits per heavy atom. The van der Waals surface area contributed by atoms with Gasteiger partial charge in [0.2, 0.25) is 5.95 Å². The van der Waals surface area contributed by atoms with E-state index in [4.69, 9.17) is 34.3 Å². The first-order valence-corrected chi connectivity index (χ1v) is 7.39. The van der Waals surface area contributed by atoms with E-state index in [2.05, 4.69) is 15.4 Å². The van der Waals surface area contributed by atoms with Gasteiger partial charge in [0.25, 0.3) is 0 Å². The van der Waals surface area contributed by atoms with Crippen LogP contribution >= 0.6 is 23.2 Å². The van der Waals surface area contributed by atoms with Crippen LogP contribution in [0.4, 0.5) is 17.5 Å². The molecule has 1 aromatic heterocycles. The predicted molar refractivity (Wildman–Crippen MR) is 91.4 cm³/mol. The SMILES string of the molecule is N=c1c(N)nc(Nc2ccc(Cl)cc2Cl)nn1-c1ccccc1. The Hall–Kier alpha value is -2.57. The summed E-state index contributed by atoms with van der Waals surface area (Å²) in [5.74, 6) is 0.281.